The van der Waals surface area contributed by atoms with Crippen molar-refractivity contribution < 1.29 is 14.3 Å². The maximum absolute atomic E-state index is 12.5. The van der Waals surface area contributed by atoms with E-state index in [0.29, 0.717) is 11.5 Å². The molecule has 2 rings (SSSR count). The van der Waals surface area contributed by atoms with E-state index in [2.05, 4.69) is 32.7 Å². The number of benzene rings is 1. The first kappa shape index (κ1) is 20.0. The van der Waals surface area contributed by atoms with Gasteiger partial charge in [-0.1, -0.05) is 39.0 Å². The monoisotopic (exact) mass is 373 g/mol. The summed E-state index contributed by atoms with van der Waals surface area (Å²) in [6, 6.07) is 9.65. The third kappa shape index (κ3) is 5.36. The Kier molecular flexibility index (Phi) is 6.86. The molecule has 0 aliphatic carbocycles. The second kappa shape index (κ2) is 8.90. The molecule has 1 N–H and O–H groups in total. The first-order valence-corrected chi connectivity index (χ1v) is 9.46. The molecule has 1 heterocycles. The summed E-state index contributed by atoms with van der Waals surface area (Å²) < 4.78 is 11.1. The quantitative estimate of drug-likeness (QED) is 0.678. The molecule has 2 aromatic rings. The molecule has 5 heteroatoms. The zero-order chi connectivity index (χ0) is 19.2. The van der Waals surface area contributed by atoms with Gasteiger partial charge in [-0.3, -0.25) is 4.79 Å². The molecule has 1 atom stereocenters. The molecule has 1 unspecified atom stereocenters. The van der Waals surface area contributed by atoms with E-state index in [9.17, 15) is 4.79 Å². The number of ether oxygens (including phenoxy) is 2. The van der Waals surface area contributed by atoms with Crippen molar-refractivity contribution in [3.63, 3.8) is 0 Å². The highest BCUT2D eigenvalue weighted by molar-refractivity contribution is 7.10. The Morgan fingerprint density at radius 1 is 1.31 bits per heavy atom. The van der Waals surface area contributed by atoms with Crippen molar-refractivity contribution >= 4 is 17.2 Å². The topological polar surface area (TPSA) is 47.6 Å². The van der Waals surface area contributed by atoms with E-state index in [0.717, 1.165) is 16.9 Å². The summed E-state index contributed by atoms with van der Waals surface area (Å²) in [4.78, 5) is 13.6. The Morgan fingerprint density at radius 2 is 2.08 bits per heavy atom. The lowest BCUT2D eigenvalue weighted by molar-refractivity contribution is -0.124. The molecule has 140 valence electrons. The van der Waals surface area contributed by atoms with E-state index in [-0.39, 0.29) is 24.0 Å². The highest BCUT2D eigenvalue weighted by Gasteiger charge is 2.28. The average Bonchev–Trinajstić information content (AvgIpc) is 3.11. The SMILES string of the molecule is C=CCc1ccc(OCC(=O)NC(c2cccs2)C(C)(C)C)c(OC)c1. The van der Waals surface area contributed by atoms with Crippen LogP contribution in [0.4, 0.5) is 0 Å². The van der Waals surface area contributed by atoms with Gasteiger partial charge < -0.3 is 14.8 Å². The number of allylic oxidation sites excluding steroid dienone is 1. The smallest absolute Gasteiger partial charge is 0.258 e. The van der Waals surface area contributed by atoms with Crippen LogP contribution in [0.15, 0.2) is 48.4 Å². The number of thiophene rings is 1. The Hall–Kier alpha value is -2.27. The lowest BCUT2D eigenvalue weighted by Crippen LogP contribution is -2.38. The number of methoxy groups -OCH3 is 1. The fourth-order valence-corrected chi connectivity index (χ4v) is 3.66. The predicted octanol–water partition coefficient (Wildman–Crippen LogP) is 4.77. The fourth-order valence-electron chi connectivity index (χ4n) is 2.64. The van der Waals surface area contributed by atoms with Gasteiger partial charge in [0, 0.05) is 4.88 Å². The van der Waals surface area contributed by atoms with Crippen LogP contribution >= 0.6 is 11.3 Å². The molecule has 4 nitrogen and oxygen atoms in total. The van der Waals surface area contributed by atoms with Crippen molar-refractivity contribution in [2.75, 3.05) is 13.7 Å². The Bertz CT molecular complexity index is 732. The summed E-state index contributed by atoms with van der Waals surface area (Å²) in [5.41, 5.74) is 0.990. The van der Waals surface area contributed by atoms with Crippen molar-refractivity contribution in [1.29, 1.82) is 0 Å². The Balaban J connectivity index is 2.02. The molecule has 1 amide bonds. The number of hydrogen-bond acceptors (Lipinski definition) is 4. The lowest BCUT2D eigenvalue weighted by Gasteiger charge is -2.30. The van der Waals surface area contributed by atoms with Gasteiger partial charge in [-0.05, 0) is 41.0 Å². The van der Waals surface area contributed by atoms with Crippen LogP contribution in [0.2, 0.25) is 0 Å². The van der Waals surface area contributed by atoms with Gasteiger partial charge in [-0.25, -0.2) is 0 Å². The largest absolute Gasteiger partial charge is 0.493 e. The molecule has 0 aliphatic heterocycles. The van der Waals surface area contributed by atoms with Gasteiger partial charge in [0.1, 0.15) is 0 Å². The standard InChI is InChI=1S/C21H27NO3S/c1-6-8-15-10-11-16(17(13-15)24-5)25-14-19(23)22-20(21(2,3)4)18-9-7-12-26-18/h6-7,9-13,20H,1,8,14H2,2-5H3,(H,22,23). The van der Waals surface area contributed by atoms with E-state index in [1.54, 1.807) is 18.4 Å². The van der Waals surface area contributed by atoms with Crippen LogP contribution < -0.4 is 14.8 Å². The van der Waals surface area contributed by atoms with Gasteiger partial charge >= 0.3 is 0 Å². The molecule has 1 aromatic heterocycles. The molecule has 0 aliphatic rings. The molecule has 0 radical (unpaired) electrons. The molecule has 0 fully saturated rings. The average molecular weight is 374 g/mol. The minimum Gasteiger partial charge on any atom is -0.493 e. The van der Waals surface area contributed by atoms with Crippen molar-refractivity contribution in [1.82, 2.24) is 5.32 Å². The van der Waals surface area contributed by atoms with E-state index in [4.69, 9.17) is 9.47 Å². The van der Waals surface area contributed by atoms with Crippen molar-refractivity contribution in [2.24, 2.45) is 5.41 Å². The fraction of sp³-hybridized carbons (Fsp3) is 0.381. The zero-order valence-electron chi connectivity index (χ0n) is 15.9. The molecule has 0 saturated heterocycles. The number of carbonyl (C=O) groups excluding carboxylic acids is 1. The maximum Gasteiger partial charge on any atom is 0.258 e. The maximum atomic E-state index is 12.5. The first-order chi connectivity index (χ1) is 12.3. The number of amides is 1. The Labute approximate surface area is 159 Å². The second-order valence-electron chi connectivity index (χ2n) is 7.15. The third-order valence-electron chi connectivity index (χ3n) is 3.97. The van der Waals surface area contributed by atoms with Crippen molar-refractivity contribution in [3.05, 3.63) is 58.8 Å². The predicted molar refractivity (Wildman–Crippen MR) is 107 cm³/mol. The minimum atomic E-state index is -0.157. The molecular formula is C21H27NO3S. The Morgan fingerprint density at radius 3 is 2.65 bits per heavy atom. The number of rotatable bonds is 8. The highest BCUT2D eigenvalue weighted by atomic mass is 32.1. The van der Waals surface area contributed by atoms with Gasteiger partial charge in [-0.15, -0.1) is 17.9 Å². The van der Waals surface area contributed by atoms with Crippen molar-refractivity contribution in [2.45, 2.75) is 33.2 Å². The van der Waals surface area contributed by atoms with E-state index >= 15 is 0 Å². The zero-order valence-corrected chi connectivity index (χ0v) is 16.7. The summed E-state index contributed by atoms with van der Waals surface area (Å²) >= 11 is 1.64. The van der Waals surface area contributed by atoms with Crippen LogP contribution in [0.5, 0.6) is 11.5 Å². The molecule has 0 bridgehead atoms. The molecule has 26 heavy (non-hydrogen) atoms. The highest BCUT2D eigenvalue weighted by Crippen LogP contribution is 2.35. The van der Waals surface area contributed by atoms with Crippen LogP contribution in [-0.2, 0) is 11.2 Å². The van der Waals surface area contributed by atoms with Gasteiger partial charge in [-0.2, -0.15) is 0 Å². The number of nitrogens with one attached hydrogen (secondary N) is 1. The summed E-state index contributed by atoms with van der Waals surface area (Å²) in [5, 5.41) is 5.11. The minimum absolute atomic E-state index is 0.0598. The van der Waals surface area contributed by atoms with Crippen LogP contribution in [-0.4, -0.2) is 19.6 Å². The lowest BCUT2D eigenvalue weighted by atomic mass is 9.86. The first-order valence-electron chi connectivity index (χ1n) is 8.58. The van der Waals surface area contributed by atoms with Crippen LogP contribution in [0.3, 0.4) is 0 Å². The summed E-state index contributed by atoms with van der Waals surface area (Å²) in [7, 11) is 1.59. The van der Waals surface area contributed by atoms with Gasteiger partial charge in [0.15, 0.2) is 18.1 Å². The van der Waals surface area contributed by atoms with Gasteiger partial charge in [0.25, 0.3) is 5.91 Å². The molecule has 0 spiro atoms. The molecule has 1 aromatic carbocycles. The van der Waals surface area contributed by atoms with E-state index in [1.807, 2.05) is 41.8 Å². The van der Waals surface area contributed by atoms with Crippen LogP contribution in [0, 0.1) is 5.41 Å². The summed E-state index contributed by atoms with van der Waals surface area (Å²) in [6.45, 7) is 10.0. The second-order valence-corrected chi connectivity index (χ2v) is 8.13. The van der Waals surface area contributed by atoms with Gasteiger partial charge in [0.2, 0.25) is 0 Å². The van der Waals surface area contributed by atoms with E-state index < -0.39 is 0 Å². The molecule has 0 saturated carbocycles. The summed E-state index contributed by atoms with van der Waals surface area (Å²) in [5.74, 6) is 1.01. The van der Waals surface area contributed by atoms with Crippen LogP contribution in [0.1, 0.15) is 37.3 Å². The number of carbonyl (C=O) groups is 1. The third-order valence-corrected chi connectivity index (χ3v) is 4.90. The normalized spacial score (nSPS) is 12.3. The van der Waals surface area contributed by atoms with Crippen LogP contribution in [0.25, 0.3) is 0 Å². The van der Waals surface area contributed by atoms with Crippen molar-refractivity contribution in [3.8, 4) is 11.5 Å². The molecular weight excluding hydrogens is 346 g/mol. The van der Waals surface area contributed by atoms with E-state index in [1.165, 1.54) is 0 Å². The summed E-state index contributed by atoms with van der Waals surface area (Å²) in [6.07, 6.45) is 2.59. The number of hydrogen-bond donors (Lipinski definition) is 1. The van der Waals surface area contributed by atoms with Gasteiger partial charge in [0.05, 0.1) is 13.2 Å².